The molecule has 5 nitrogen and oxygen atoms in total. The fraction of sp³-hybridized carbons (Fsp3) is 0.333. The number of benzene rings is 1. The van der Waals surface area contributed by atoms with E-state index in [0.29, 0.717) is 11.7 Å². The van der Waals surface area contributed by atoms with Crippen molar-refractivity contribution in [3.8, 4) is 0 Å². The van der Waals surface area contributed by atoms with Gasteiger partial charge in [-0.05, 0) is 18.4 Å². The molecule has 0 unspecified atom stereocenters. The zero-order chi connectivity index (χ0) is 13.9. The zero-order valence-electron chi connectivity index (χ0n) is 11.6. The Morgan fingerprint density at radius 3 is 2.65 bits per heavy atom. The lowest BCUT2D eigenvalue weighted by Gasteiger charge is -2.19. The summed E-state index contributed by atoms with van der Waals surface area (Å²) in [5.74, 6) is 8.49. The Balaban J connectivity index is 1.83. The first kappa shape index (κ1) is 12.9. The molecule has 104 valence electrons. The predicted molar refractivity (Wildman–Crippen MR) is 80.4 cm³/mol. The van der Waals surface area contributed by atoms with E-state index in [1.807, 2.05) is 31.3 Å². The van der Waals surface area contributed by atoms with E-state index < -0.39 is 0 Å². The Hall–Kier alpha value is -2.14. The minimum Gasteiger partial charge on any atom is -0.355 e. The number of nitrogens with one attached hydrogen (secondary N) is 1. The van der Waals surface area contributed by atoms with Gasteiger partial charge in [0.25, 0.3) is 0 Å². The minimum atomic E-state index is 0.507. The van der Waals surface area contributed by atoms with E-state index in [2.05, 4.69) is 32.4 Å². The summed E-state index contributed by atoms with van der Waals surface area (Å²) in [6.07, 6.45) is 2.35. The van der Waals surface area contributed by atoms with E-state index in [-0.39, 0.29) is 0 Å². The van der Waals surface area contributed by atoms with Gasteiger partial charge in [-0.25, -0.2) is 15.8 Å². The number of nitrogens with zero attached hydrogens (tertiary/aromatic N) is 3. The largest absolute Gasteiger partial charge is 0.355 e. The van der Waals surface area contributed by atoms with Gasteiger partial charge in [-0.1, -0.05) is 30.3 Å². The van der Waals surface area contributed by atoms with Crippen LogP contribution in [0, 0.1) is 0 Å². The maximum absolute atomic E-state index is 5.50. The Morgan fingerprint density at radius 2 is 2.00 bits per heavy atom. The summed E-state index contributed by atoms with van der Waals surface area (Å²) >= 11 is 0. The maximum Gasteiger partial charge on any atom is 0.145 e. The van der Waals surface area contributed by atoms with E-state index in [1.54, 1.807) is 0 Å². The van der Waals surface area contributed by atoms with Crippen molar-refractivity contribution in [2.45, 2.75) is 25.3 Å². The average molecular weight is 269 g/mol. The standard InChI is InChI=1S/C15H19N5/c1-20(10-11-5-3-2-4-6-11)14-9-13(19-16)17-15(18-14)12-7-8-12/h2-6,9,12H,7-8,10,16H2,1H3,(H,17,18,19). The topological polar surface area (TPSA) is 67.1 Å². The van der Waals surface area contributed by atoms with Crippen molar-refractivity contribution in [2.75, 3.05) is 17.4 Å². The normalized spacial score (nSPS) is 14.1. The van der Waals surface area contributed by atoms with Crippen molar-refractivity contribution in [2.24, 2.45) is 5.84 Å². The van der Waals surface area contributed by atoms with Gasteiger partial charge < -0.3 is 10.3 Å². The predicted octanol–water partition coefficient (Wildman–Crippen LogP) is 2.28. The van der Waals surface area contributed by atoms with Crippen molar-refractivity contribution in [3.63, 3.8) is 0 Å². The van der Waals surface area contributed by atoms with Gasteiger partial charge >= 0.3 is 0 Å². The lowest BCUT2D eigenvalue weighted by atomic mass is 10.2. The third kappa shape index (κ3) is 2.88. The third-order valence-electron chi connectivity index (χ3n) is 3.47. The van der Waals surface area contributed by atoms with Crippen LogP contribution < -0.4 is 16.2 Å². The quantitative estimate of drug-likeness (QED) is 0.644. The summed E-state index contributed by atoms with van der Waals surface area (Å²) in [6, 6.07) is 12.2. The molecule has 2 aromatic rings. The van der Waals surface area contributed by atoms with Crippen LogP contribution in [0.15, 0.2) is 36.4 Å². The van der Waals surface area contributed by atoms with E-state index in [1.165, 1.54) is 18.4 Å². The fourth-order valence-corrected chi connectivity index (χ4v) is 2.18. The van der Waals surface area contributed by atoms with Crippen LogP contribution in [0.3, 0.4) is 0 Å². The summed E-state index contributed by atoms with van der Waals surface area (Å²) in [7, 11) is 2.03. The molecule has 1 heterocycles. The molecule has 1 fully saturated rings. The van der Waals surface area contributed by atoms with Gasteiger partial charge in [-0.2, -0.15) is 0 Å². The molecule has 0 aliphatic heterocycles. The second-order valence-electron chi connectivity index (χ2n) is 5.23. The highest BCUT2D eigenvalue weighted by molar-refractivity contribution is 5.49. The Kier molecular flexibility index (Phi) is 3.52. The molecule has 0 radical (unpaired) electrons. The number of aromatic nitrogens is 2. The van der Waals surface area contributed by atoms with Gasteiger partial charge in [0.2, 0.25) is 0 Å². The molecule has 1 aromatic heterocycles. The molecule has 20 heavy (non-hydrogen) atoms. The highest BCUT2D eigenvalue weighted by atomic mass is 15.3. The summed E-state index contributed by atoms with van der Waals surface area (Å²) in [6.45, 7) is 0.811. The second kappa shape index (κ2) is 5.46. The van der Waals surface area contributed by atoms with Gasteiger partial charge in [0.15, 0.2) is 0 Å². The van der Waals surface area contributed by atoms with Crippen LogP contribution in [0.2, 0.25) is 0 Å². The molecule has 3 N–H and O–H groups in total. The van der Waals surface area contributed by atoms with E-state index >= 15 is 0 Å². The zero-order valence-corrected chi connectivity index (χ0v) is 11.6. The molecule has 0 spiro atoms. The molecule has 0 atom stereocenters. The third-order valence-corrected chi connectivity index (χ3v) is 3.47. The number of anilines is 2. The summed E-state index contributed by atoms with van der Waals surface area (Å²) in [4.78, 5) is 11.2. The maximum atomic E-state index is 5.50. The van der Waals surface area contributed by atoms with Crippen LogP contribution >= 0.6 is 0 Å². The van der Waals surface area contributed by atoms with Gasteiger partial charge in [0.1, 0.15) is 17.5 Å². The van der Waals surface area contributed by atoms with Crippen LogP contribution in [0.25, 0.3) is 0 Å². The van der Waals surface area contributed by atoms with Gasteiger partial charge in [0.05, 0.1) is 0 Å². The fourth-order valence-electron chi connectivity index (χ4n) is 2.18. The Morgan fingerprint density at radius 1 is 1.25 bits per heavy atom. The van der Waals surface area contributed by atoms with Crippen LogP contribution in [0.4, 0.5) is 11.6 Å². The molecule has 3 rings (SSSR count). The highest BCUT2D eigenvalue weighted by Crippen LogP contribution is 2.39. The van der Waals surface area contributed by atoms with E-state index in [9.17, 15) is 0 Å². The first-order chi connectivity index (χ1) is 9.76. The SMILES string of the molecule is CN(Cc1ccccc1)c1cc(NN)nc(C2CC2)n1. The molecule has 1 aliphatic rings. The first-order valence-electron chi connectivity index (χ1n) is 6.87. The second-order valence-corrected chi connectivity index (χ2v) is 5.23. The lowest BCUT2D eigenvalue weighted by Crippen LogP contribution is -2.20. The summed E-state index contributed by atoms with van der Waals surface area (Å²) in [5, 5.41) is 0. The molecule has 5 heteroatoms. The van der Waals surface area contributed by atoms with E-state index in [4.69, 9.17) is 5.84 Å². The minimum absolute atomic E-state index is 0.507. The molecule has 1 aromatic carbocycles. The number of hydrazine groups is 1. The van der Waals surface area contributed by atoms with Crippen LogP contribution in [0.5, 0.6) is 0 Å². The Bertz CT molecular complexity index is 580. The molecular formula is C15H19N5. The van der Waals surface area contributed by atoms with Crippen molar-refractivity contribution in [1.29, 1.82) is 0 Å². The van der Waals surface area contributed by atoms with Gasteiger partial charge in [-0.3, -0.25) is 0 Å². The average Bonchev–Trinajstić information content (AvgIpc) is 3.32. The van der Waals surface area contributed by atoms with Crippen LogP contribution in [0.1, 0.15) is 30.1 Å². The van der Waals surface area contributed by atoms with Crippen LogP contribution in [-0.4, -0.2) is 17.0 Å². The molecule has 0 amide bonds. The lowest BCUT2D eigenvalue weighted by molar-refractivity contribution is 0.854. The van der Waals surface area contributed by atoms with Crippen LogP contribution in [-0.2, 0) is 6.54 Å². The van der Waals surface area contributed by atoms with Crippen molar-refractivity contribution >= 4 is 11.6 Å². The number of rotatable bonds is 5. The number of nitrogens with two attached hydrogens (primary N) is 1. The molecule has 0 saturated heterocycles. The molecule has 0 bridgehead atoms. The van der Waals surface area contributed by atoms with Crippen molar-refractivity contribution in [1.82, 2.24) is 9.97 Å². The number of hydrogen-bond donors (Lipinski definition) is 2. The molecule has 1 saturated carbocycles. The number of hydrogen-bond acceptors (Lipinski definition) is 5. The van der Waals surface area contributed by atoms with Gasteiger partial charge in [-0.15, -0.1) is 0 Å². The summed E-state index contributed by atoms with van der Waals surface area (Å²) < 4.78 is 0. The van der Waals surface area contributed by atoms with Gasteiger partial charge in [0, 0.05) is 25.6 Å². The smallest absolute Gasteiger partial charge is 0.145 e. The Labute approximate surface area is 118 Å². The molecular weight excluding hydrogens is 250 g/mol. The van der Waals surface area contributed by atoms with Crippen molar-refractivity contribution in [3.05, 3.63) is 47.8 Å². The van der Waals surface area contributed by atoms with E-state index in [0.717, 1.165) is 18.2 Å². The highest BCUT2D eigenvalue weighted by Gasteiger charge is 2.27. The number of nitrogen functional groups attached to an aromatic ring is 1. The summed E-state index contributed by atoms with van der Waals surface area (Å²) in [5.41, 5.74) is 3.88. The van der Waals surface area contributed by atoms with Crippen molar-refractivity contribution < 1.29 is 0 Å². The molecule has 1 aliphatic carbocycles. The first-order valence-corrected chi connectivity index (χ1v) is 6.87. The monoisotopic (exact) mass is 269 g/mol.